The number of aryl methyl sites for hydroxylation is 1. The van der Waals surface area contributed by atoms with Crippen molar-refractivity contribution in [3.05, 3.63) is 58.3 Å². The molecule has 0 radical (unpaired) electrons. The fraction of sp³-hybridized carbons (Fsp3) is 0.188. The molecular weight excluding hydrogens is 348 g/mol. The van der Waals surface area contributed by atoms with Gasteiger partial charge < -0.3 is 10.1 Å². The lowest BCUT2D eigenvalue weighted by Crippen LogP contribution is -2.30. The van der Waals surface area contributed by atoms with E-state index in [4.69, 9.17) is 4.74 Å². The molecule has 22 heavy (non-hydrogen) atoms. The van der Waals surface area contributed by atoms with Gasteiger partial charge in [-0.2, -0.15) is 0 Å². The van der Waals surface area contributed by atoms with Crippen LogP contribution in [0.2, 0.25) is 0 Å². The van der Waals surface area contributed by atoms with E-state index < -0.39 is 12.1 Å². The van der Waals surface area contributed by atoms with E-state index in [-0.39, 0.29) is 11.5 Å². The van der Waals surface area contributed by atoms with Crippen molar-refractivity contribution in [1.29, 1.82) is 0 Å². The topological polar surface area (TPSA) is 68.3 Å². The van der Waals surface area contributed by atoms with Gasteiger partial charge >= 0.3 is 5.97 Å². The van der Waals surface area contributed by atoms with Gasteiger partial charge in [-0.25, -0.2) is 4.79 Å². The van der Waals surface area contributed by atoms with Crippen LogP contribution in [0.1, 0.15) is 22.8 Å². The molecule has 0 spiro atoms. The number of esters is 1. The number of nitrogens with zero attached hydrogens (tertiary/aromatic N) is 1. The zero-order valence-corrected chi connectivity index (χ0v) is 13.8. The molecule has 0 aliphatic carbocycles. The van der Waals surface area contributed by atoms with Gasteiger partial charge in [0.1, 0.15) is 0 Å². The van der Waals surface area contributed by atoms with Crippen LogP contribution in [-0.2, 0) is 9.53 Å². The molecule has 1 aromatic heterocycles. The lowest BCUT2D eigenvalue weighted by atomic mass is 10.2. The summed E-state index contributed by atoms with van der Waals surface area (Å²) in [5.74, 6) is -0.986. The van der Waals surface area contributed by atoms with Crippen molar-refractivity contribution in [2.24, 2.45) is 0 Å². The van der Waals surface area contributed by atoms with Crippen molar-refractivity contribution in [1.82, 2.24) is 4.98 Å². The molecular formula is C16H15BrN2O3. The second-order valence-electron chi connectivity index (χ2n) is 4.79. The van der Waals surface area contributed by atoms with Crippen molar-refractivity contribution >= 4 is 33.5 Å². The fourth-order valence-corrected chi connectivity index (χ4v) is 2.05. The minimum absolute atomic E-state index is 0.282. The van der Waals surface area contributed by atoms with Gasteiger partial charge in [-0.15, -0.1) is 0 Å². The molecule has 6 heteroatoms. The number of carbonyl (C=O) groups excluding carboxylic acids is 2. The first-order chi connectivity index (χ1) is 10.5. The maximum atomic E-state index is 12.0. The number of hydrogen-bond donors (Lipinski definition) is 1. The van der Waals surface area contributed by atoms with Gasteiger partial charge in [0, 0.05) is 22.6 Å². The summed E-state index contributed by atoms with van der Waals surface area (Å²) in [7, 11) is 0. The van der Waals surface area contributed by atoms with E-state index in [1.54, 1.807) is 24.4 Å². The zero-order valence-electron chi connectivity index (χ0n) is 12.2. The number of benzene rings is 1. The van der Waals surface area contributed by atoms with Crippen molar-refractivity contribution in [2.75, 3.05) is 5.32 Å². The standard InChI is InChI=1S/C16H15BrN2O3/c1-10-3-5-14(6-4-10)19-15(20)11(2)22-16(21)12-7-13(17)9-18-8-12/h3-9,11H,1-2H3,(H,19,20)/t11-/m1/s1. The maximum absolute atomic E-state index is 12.0. The monoisotopic (exact) mass is 362 g/mol. The minimum atomic E-state index is -0.909. The van der Waals surface area contributed by atoms with Gasteiger partial charge in [0.25, 0.3) is 5.91 Å². The zero-order chi connectivity index (χ0) is 16.1. The Morgan fingerprint density at radius 2 is 1.91 bits per heavy atom. The molecule has 1 amide bonds. The van der Waals surface area contributed by atoms with Crippen molar-refractivity contribution in [3.63, 3.8) is 0 Å². The first-order valence-corrected chi connectivity index (χ1v) is 7.44. The van der Waals surface area contributed by atoms with Gasteiger partial charge in [0.05, 0.1) is 5.56 Å². The van der Waals surface area contributed by atoms with Crippen LogP contribution in [0, 0.1) is 6.92 Å². The van der Waals surface area contributed by atoms with Crippen LogP contribution in [0.15, 0.2) is 47.2 Å². The van der Waals surface area contributed by atoms with Crippen LogP contribution in [-0.4, -0.2) is 23.0 Å². The third-order valence-electron chi connectivity index (χ3n) is 2.91. The lowest BCUT2D eigenvalue weighted by Gasteiger charge is -2.13. The summed E-state index contributed by atoms with van der Waals surface area (Å²) in [6, 6.07) is 8.94. The second-order valence-corrected chi connectivity index (χ2v) is 5.71. The quantitative estimate of drug-likeness (QED) is 0.846. The van der Waals surface area contributed by atoms with E-state index in [2.05, 4.69) is 26.2 Å². The molecule has 0 unspecified atom stereocenters. The normalized spacial score (nSPS) is 11.6. The van der Waals surface area contributed by atoms with Crippen molar-refractivity contribution in [3.8, 4) is 0 Å². The first kappa shape index (κ1) is 16.2. The number of ether oxygens (including phenoxy) is 1. The Bertz CT molecular complexity index is 686. The van der Waals surface area contributed by atoms with Crippen molar-refractivity contribution < 1.29 is 14.3 Å². The van der Waals surface area contributed by atoms with Crippen LogP contribution in [0.5, 0.6) is 0 Å². The number of hydrogen-bond acceptors (Lipinski definition) is 4. The van der Waals surface area contributed by atoms with E-state index in [9.17, 15) is 9.59 Å². The Labute approximate surface area is 136 Å². The molecule has 1 N–H and O–H groups in total. The third-order valence-corrected chi connectivity index (χ3v) is 3.35. The predicted octanol–water partition coefficient (Wildman–Crippen LogP) is 3.34. The molecule has 1 heterocycles. The predicted molar refractivity (Wildman–Crippen MR) is 86.6 cm³/mol. The van der Waals surface area contributed by atoms with E-state index in [1.807, 2.05) is 19.1 Å². The lowest BCUT2D eigenvalue weighted by molar-refractivity contribution is -0.123. The summed E-state index contributed by atoms with van der Waals surface area (Å²) in [6.07, 6.45) is 2.04. The van der Waals surface area contributed by atoms with Crippen LogP contribution in [0.3, 0.4) is 0 Å². The Morgan fingerprint density at radius 3 is 2.55 bits per heavy atom. The van der Waals surface area contributed by atoms with Gasteiger partial charge in [0.2, 0.25) is 0 Å². The number of aromatic nitrogens is 1. The number of nitrogens with one attached hydrogen (secondary N) is 1. The second kappa shape index (κ2) is 7.17. The molecule has 1 atom stereocenters. The number of rotatable bonds is 4. The molecule has 2 aromatic rings. The van der Waals surface area contributed by atoms with E-state index in [0.717, 1.165) is 5.56 Å². The molecule has 5 nitrogen and oxygen atoms in total. The molecule has 0 aliphatic heterocycles. The number of pyridine rings is 1. The van der Waals surface area contributed by atoms with E-state index in [0.29, 0.717) is 10.2 Å². The molecule has 0 saturated carbocycles. The van der Waals surface area contributed by atoms with Crippen LogP contribution in [0.4, 0.5) is 5.69 Å². The fourth-order valence-electron chi connectivity index (χ4n) is 1.69. The van der Waals surface area contributed by atoms with Crippen LogP contribution < -0.4 is 5.32 Å². The van der Waals surface area contributed by atoms with E-state index >= 15 is 0 Å². The largest absolute Gasteiger partial charge is 0.449 e. The summed E-state index contributed by atoms with van der Waals surface area (Å²) in [5.41, 5.74) is 2.03. The van der Waals surface area contributed by atoms with Crippen LogP contribution in [0.25, 0.3) is 0 Å². The molecule has 1 aromatic carbocycles. The van der Waals surface area contributed by atoms with E-state index in [1.165, 1.54) is 13.1 Å². The Balaban J connectivity index is 1.96. The smallest absolute Gasteiger partial charge is 0.340 e. The average molecular weight is 363 g/mol. The summed E-state index contributed by atoms with van der Waals surface area (Å²) >= 11 is 3.23. The molecule has 0 fully saturated rings. The van der Waals surface area contributed by atoms with Gasteiger partial charge in [-0.05, 0) is 48.0 Å². The molecule has 114 valence electrons. The Hall–Kier alpha value is -2.21. The van der Waals surface area contributed by atoms with Gasteiger partial charge in [0.15, 0.2) is 6.10 Å². The Morgan fingerprint density at radius 1 is 1.23 bits per heavy atom. The number of amides is 1. The third kappa shape index (κ3) is 4.39. The SMILES string of the molecule is Cc1ccc(NC(=O)[C@@H](C)OC(=O)c2cncc(Br)c2)cc1. The highest BCUT2D eigenvalue weighted by molar-refractivity contribution is 9.10. The van der Waals surface area contributed by atoms with Crippen LogP contribution >= 0.6 is 15.9 Å². The van der Waals surface area contributed by atoms with Gasteiger partial charge in [-0.3, -0.25) is 9.78 Å². The van der Waals surface area contributed by atoms with Crippen molar-refractivity contribution in [2.45, 2.75) is 20.0 Å². The summed E-state index contributed by atoms with van der Waals surface area (Å²) in [4.78, 5) is 27.8. The number of halogens is 1. The molecule has 0 bridgehead atoms. The van der Waals surface area contributed by atoms with Gasteiger partial charge in [-0.1, -0.05) is 17.7 Å². The summed E-state index contributed by atoms with van der Waals surface area (Å²) in [5, 5.41) is 2.70. The number of carbonyl (C=O) groups is 2. The average Bonchev–Trinajstić information content (AvgIpc) is 2.49. The first-order valence-electron chi connectivity index (χ1n) is 6.65. The minimum Gasteiger partial charge on any atom is -0.449 e. The molecule has 0 aliphatic rings. The molecule has 0 saturated heterocycles. The highest BCUT2D eigenvalue weighted by atomic mass is 79.9. The Kier molecular flexibility index (Phi) is 5.27. The summed E-state index contributed by atoms with van der Waals surface area (Å²) in [6.45, 7) is 3.48. The highest BCUT2D eigenvalue weighted by Gasteiger charge is 2.19. The number of anilines is 1. The molecule has 2 rings (SSSR count). The summed E-state index contributed by atoms with van der Waals surface area (Å²) < 4.78 is 5.80. The maximum Gasteiger partial charge on any atom is 0.340 e. The highest BCUT2D eigenvalue weighted by Crippen LogP contribution is 2.13.